The summed E-state index contributed by atoms with van der Waals surface area (Å²) >= 11 is 11.8. The molecule has 0 aromatic heterocycles. The highest BCUT2D eigenvalue weighted by Crippen LogP contribution is 2.24. The van der Waals surface area contributed by atoms with Crippen LogP contribution in [-0.4, -0.2) is 12.0 Å². The van der Waals surface area contributed by atoms with Crippen molar-refractivity contribution in [3.8, 4) is 5.75 Å². The standard InChI is InChI=1S/C15H14Cl2N2O2/c1-9(21-14-5-3-2-4-13(14)18)15(20)19-12-7-10(16)6-11(17)8-12/h2-9H,18H2,1H3,(H,19,20)/t9-/m0/s1. The zero-order valence-electron chi connectivity index (χ0n) is 11.3. The van der Waals surface area contributed by atoms with E-state index >= 15 is 0 Å². The van der Waals surface area contributed by atoms with E-state index in [0.29, 0.717) is 27.2 Å². The summed E-state index contributed by atoms with van der Waals surface area (Å²) < 4.78 is 5.54. The molecule has 0 fully saturated rings. The van der Waals surface area contributed by atoms with E-state index in [2.05, 4.69) is 5.32 Å². The van der Waals surface area contributed by atoms with Crippen LogP contribution >= 0.6 is 23.2 Å². The fourth-order valence-corrected chi connectivity index (χ4v) is 2.23. The molecule has 110 valence electrons. The van der Waals surface area contributed by atoms with Crippen molar-refractivity contribution in [3.63, 3.8) is 0 Å². The molecule has 1 amide bonds. The molecule has 0 radical (unpaired) electrons. The first-order valence-electron chi connectivity index (χ1n) is 6.24. The fourth-order valence-electron chi connectivity index (χ4n) is 1.70. The van der Waals surface area contributed by atoms with E-state index < -0.39 is 6.10 Å². The number of carbonyl (C=O) groups is 1. The second kappa shape index (κ2) is 6.70. The number of nitrogens with one attached hydrogen (secondary N) is 1. The number of anilines is 2. The summed E-state index contributed by atoms with van der Waals surface area (Å²) in [5.41, 5.74) is 6.75. The maximum atomic E-state index is 12.1. The maximum Gasteiger partial charge on any atom is 0.265 e. The predicted molar refractivity (Wildman–Crippen MR) is 86.0 cm³/mol. The number of hydrogen-bond acceptors (Lipinski definition) is 3. The lowest BCUT2D eigenvalue weighted by Crippen LogP contribution is -2.30. The third-order valence-corrected chi connectivity index (χ3v) is 3.16. The lowest BCUT2D eigenvalue weighted by Gasteiger charge is -2.16. The van der Waals surface area contributed by atoms with Crippen LogP contribution in [0.2, 0.25) is 10.0 Å². The molecule has 0 aliphatic heterocycles. The average Bonchev–Trinajstić information content (AvgIpc) is 2.40. The minimum atomic E-state index is -0.715. The second-order valence-electron chi connectivity index (χ2n) is 4.45. The third-order valence-electron chi connectivity index (χ3n) is 2.72. The van der Waals surface area contributed by atoms with Crippen molar-refractivity contribution in [1.82, 2.24) is 0 Å². The normalized spacial score (nSPS) is 11.8. The van der Waals surface area contributed by atoms with Crippen molar-refractivity contribution in [2.24, 2.45) is 0 Å². The molecule has 1 atom stereocenters. The van der Waals surface area contributed by atoms with Gasteiger partial charge in [-0.3, -0.25) is 4.79 Å². The number of rotatable bonds is 4. The summed E-state index contributed by atoms with van der Waals surface area (Å²) in [5, 5.41) is 3.58. The molecule has 0 bridgehead atoms. The molecule has 0 heterocycles. The summed E-state index contributed by atoms with van der Waals surface area (Å²) in [6.07, 6.45) is -0.715. The molecule has 0 unspecified atom stereocenters. The van der Waals surface area contributed by atoms with Gasteiger partial charge in [-0.1, -0.05) is 35.3 Å². The molecule has 2 aromatic carbocycles. The highest BCUT2D eigenvalue weighted by atomic mass is 35.5. The molecule has 6 heteroatoms. The van der Waals surface area contributed by atoms with Gasteiger partial charge in [-0.25, -0.2) is 0 Å². The lowest BCUT2D eigenvalue weighted by atomic mass is 10.2. The molecule has 0 aliphatic carbocycles. The predicted octanol–water partition coefficient (Wildman–Crippen LogP) is 3.98. The van der Waals surface area contributed by atoms with Gasteiger partial charge in [-0.05, 0) is 37.3 Å². The van der Waals surface area contributed by atoms with Crippen LogP contribution in [0, 0.1) is 0 Å². The van der Waals surface area contributed by atoms with Gasteiger partial charge < -0.3 is 15.8 Å². The molecule has 21 heavy (non-hydrogen) atoms. The van der Waals surface area contributed by atoms with E-state index in [9.17, 15) is 4.79 Å². The molecule has 0 aliphatic rings. The van der Waals surface area contributed by atoms with Crippen molar-refractivity contribution >= 4 is 40.5 Å². The molecular weight excluding hydrogens is 311 g/mol. The van der Waals surface area contributed by atoms with Crippen LogP contribution in [0.3, 0.4) is 0 Å². The molecule has 0 saturated carbocycles. The molecule has 2 rings (SSSR count). The van der Waals surface area contributed by atoms with Gasteiger partial charge >= 0.3 is 0 Å². The van der Waals surface area contributed by atoms with Crippen molar-refractivity contribution in [3.05, 3.63) is 52.5 Å². The average molecular weight is 325 g/mol. The molecule has 0 saturated heterocycles. The zero-order chi connectivity index (χ0) is 15.4. The van der Waals surface area contributed by atoms with E-state index in [4.69, 9.17) is 33.7 Å². The summed E-state index contributed by atoms with van der Waals surface area (Å²) in [7, 11) is 0. The number of para-hydroxylation sites is 2. The molecule has 3 N–H and O–H groups in total. The van der Waals surface area contributed by atoms with Gasteiger partial charge in [-0.15, -0.1) is 0 Å². The maximum absolute atomic E-state index is 12.1. The number of hydrogen-bond donors (Lipinski definition) is 2. The molecule has 4 nitrogen and oxygen atoms in total. The number of halogens is 2. The highest BCUT2D eigenvalue weighted by molar-refractivity contribution is 6.35. The summed E-state index contributed by atoms with van der Waals surface area (Å²) in [6.45, 7) is 1.63. The monoisotopic (exact) mass is 324 g/mol. The summed E-state index contributed by atoms with van der Waals surface area (Å²) in [4.78, 5) is 12.1. The number of ether oxygens (including phenoxy) is 1. The summed E-state index contributed by atoms with van der Waals surface area (Å²) in [6, 6.07) is 11.8. The Morgan fingerprint density at radius 3 is 2.43 bits per heavy atom. The van der Waals surface area contributed by atoms with Crippen molar-refractivity contribution in [2.75, 3.05) is 11.1 Å². The highest BCUT2D eigenvalue weighted by Gasteiger charge is 2.16. The number of nitrogen functional groups attached to an aromatic ring is 1. The number of nitrogens with two attached hydrogens (primary N) is 1. The van der Waals surface area contributed by atoms with Gasteiger partial charge in [0.05, 0.1) is 5.69 Å². The minimum absolute atomic E-state index is 0.323. The Morgan fingerprint density at radius 1 is 1.19 bits per heavy atom. The van der Waals surface area contributed by atoms with Crippen molar-refractivity contribution in [2.45, 2.75) is 13.0 Å². The van der Waals surface area contributed by atoms with Crippen molar-refractivity contribution < 1.29 is 9.53 Å². The lowest BCUT2D eigenvalue weighted by molar-refractivity contribution is -0.122. The third kappa shape index (κ3) is 4.28. The second-order valence-corrected chi connectivity index (χ2v) is 5.32. The van der Waals surface area contributed by atoms with Gasteiger partial charge in [0.15, 0.2) is 6.10 Å². The van der Waals surface area contributed by atoms with Crippen molar-refractivity contribution in [1.29, 1.82) is 0 Å². The van der Waals surface area contributed by atoms with Crippen LogP contribution < -0.4 is 15.8 Å². The first kappa shape index (κ1) is 15.5. The first-order valence-corrected chi connectivity index (χ1v) is 6.99. The van der Waals surface area contributed by atoms with E-state index in [1.165, 1.54) is 0 Å². The summed E-state index contributed by atoms with van der Waals surface area (Å²) in [5.74, 6) is 0.140. The van der Waals surface area contributed by atoms with E-state index in [-0.39, 0.29) is 5.91 Å². The molecule has 2 aromatic rings. The van der Waals surface area contributed by atoms with Gasteiger partial charge in [0.1, 0.15) is 5.75 Å². The van der Waals surface area contributed by atoms with Crippen LogP contribution in [-0.2, 0) is 4.79 Å². The van der Waals surface area contributed by atoms with Crippen LogP contribution in [0.1, 0.15) is 6.92 Å². The Bertz CT molecular complexity index is 642. The van der Waals surface area contributed by atoms with E-state index in [0.717, 1.165) is 0 Å². The zero-order valence-corrected chi connectivity index (χ0v) is 12.8. The van der Waals surface area contributed by atoms with Crippen LogP contribution in [0.4, 0.5) is 11.4 Å². The fraction of sp³-hybridized carbons (Fsp3) is 0.133. The van der Waals surface area contributed by atoms with Crippen LogP contribution in [0.5, 0.6) is 5.75 Å². The number of benzene rings is 2. The minimum Gasteiger partial charge on any atom is -0.479 e. The SMILES string of the molecule is C[C@H](Oc1ccccc1N)C(=O)Nc1cc(Cl)cc(Cl)c1. The topological polar surface area (TPSA) is 64.3 Å². The van der Waals surface area contributed by atoms with Gasteiger partial charge in [0.2, 0.25) is 0 Å². The van der Waals surface area contributed by atoms with E-state index in [1.54, 1.807) is 49.4 Å². The Balaban J connectivity index is 2.04. The largest absolute Gasteiger partial charge is 0.479 e. The Labute approximate surface area is 132 Å². The number of amides is 1. The smallest absolute Gasteiger partial charge is 0.265 e. The quantitative estimate of drug-likeness (QED) is 0.836. The Morgan fingerprint density at radius 2 is 1.81 bits per heavy atom. The van der Waals surface area contributed by atoms with Crippen LogP contribution in [0.15, 0.2) is 42.5 Å². The molecule has 0 spiro atoms. The van der Waals surface area contributed by atoms with Gasteiger partial charge in [0.25, 0.3) is 5.91 Å². The van der Waals surface area contributed by atoms with E-state index in [1.807, 2.05) is 0 Å². The Hall–Kier alpha value is -1.91. The first-order chi connectivity index (χ1) is 9.95. The number of carbonyl (C=O) groups excluding carboxylic acids is 1. The Kier molecular flexibility index (Phi) is 4.94. The molecular formula is C15H14Cl2N2O2. The van der Waals surface area contributed by atoms with Gasteiger partial charge in [-0.2, -0.15) is 0 Å². The van der Waals surface area contributed by atoms with Crippen LogP contribution in [0.25, 0.3) is 0 Å². The van der Waals surface area contributed by atoms with Gasteiger partial charge in [0, 0.05) is 15.7 Å².